The van der Waals surface area contributed by atoms with Crippen molar-refractivity contribution in [1.29, 1.82) is 0 Å². The fourth-order valence-corrected chi connectivity index (χ4v) is 4.20. The number of methoxy groups -OCH3 is 1. The zero-order valence-corrected chi connectivity index (χ0v) is 18.4. The Hall–Kier alpha value is -4.25. The molecule has 33 heavy (non-hydrogen) atoms. The Morgan fingerprint density at radius 2 is 2.03 bits per heavy atom. The number of aromatic nitrogens is 3. The van der Waals surface area contributed by atoms with E-state index in [0.29, 0.717) is 21.4 Å². The van der Waals surface area contributed by atoms with Gasteiger partial charge in [-0.05, 0) is 30.3 Å². The van der Waals surface area contributed by atoms with Crippen LogP contribution in [0, 0.1) is 0 Å². The second kappa shape index (κ2) is 9.09. The molecule has 0 aliphatic rings. The number of nitrogens with one attached hydrogen (secondary N) is 2. The maximum atomic E-state index is 12.8. The number of amides is 2. The highest BCUT2D eigenvalue weighted by Gasteiger charge is 2.17. The first-order valence-electron chi connectivity index (χ1n) is 9.78. The summed E-state index contributed by atoms with van der Waals surface area (Å²) >= 11 is 1.13. The summed E-state index contributed by atoms with van der Waals surface area (Å²) in [4.78, 5) is 36.7. The van der Waals surface area contributed by atoms with Crippen LogP contribution in [-0.2, 0) is 6.54 Å². The highest BCUT2D eigenvalue weighted by atomic mass is 32.2. The minimum Gasteiger partial charge on any atom is -0.496 e. The number of rotatable bonds is 7. The smallest absolute Gasteiger partial charge is 0.274 e. The first kappa shape index (κ1) is 22.0. The molecule has 2 heterocycles. The summed E-state index contributed by atoms with van der Waals surface area (Å²) in [6.45, 7) is 0.224. The van der Waals surface area contributed by atoms with Crippen LogP contribution >= 0.6 is 11.8 Å². The maximum absolute atomic E-state index is 12.8. The number of aromatic amines is 1. The van der Waals surface area contributed by atoms with Crippen molar-refractivity contribution in [2.45, 2.75) is 16.5 Å². The van der Waals surface area contributed by atoms with Gasteiger partial charge in [-0.2, -0.15) is 0 Å². The molecule has 10 nitrogen and oxygen atoms in total. The number of primary amides is 1. The quantitative estimate of drug-likeness (QED) is 0.259. The van der Waals surface area contributed by atoms with E-state index in [4.69, 9.17) is 21.9 Å². The molecular weight excluding hydrogens is 442 g/mol. The van der Waals surface area contributed by atoms with E-state index in [0.717, 1.165) is 28.2 Å². The van der Waals surface area contributed by atoms with E-state index >= 15 is 0 Å². The molecule has 11 heteroatoms. The molecule has 2 amide bonds. The van der Waals surface area contributed by atoms with Crippen LogP contribution in [0.5, 0.6) is 5.75 Å². The van der Waals surface area contributed by atoms with Crippen molar-refractivity contribution in [3.63, 3.8) is 0 Å². The Bertz CT molecular complexity index is 1370. The Kier molecular flexibility index (Phi) is 6.05. The molecule has 0 unspecified atom stereocenters. The van der Waals surface area contributed by atoms with Gasteiger partial charge in [0, 0.05) is 39.8 Å². The SMILES string of the molecule is COc1cccc2[nH]cc(CNC(=O)c3nc(Sc4ccc(N)cc4C(N)=O)cnc3N)c12. The van der Waals surface area contributed by atoms with Gasteiger partial charge in [0.1, 0.15) is 10.8 Å². The van der Waals surface area contributed by atoms with Gasteiger partial charge in [-0.3, -0.25) is 9.59 Å². The number of hydrogen-bond acceptors (Lipinski definition) is 8. The standard InChI is InChI=1S/C22H21N7O3S/c1-32-15-4-2-3-14-18(15)11(8-26-14)9-28-22(31)19-20(24)27-10-17(29-19)33-16-6-5-12(23)7-13(16)21(25)30/h2-8,10,26H,9,23H2,1H3,(H2,24,27)(H2,25,30)(H,28,31). The number of anilines is 2. The Labute approximate surface area is 192 Å². The van der Waals surface area contributed by atoms with Crippen LogP contribution in [0.2, 0.25) is 0 Å². The lowest BCUT2D eigenvalue weighted by molar-refractivity contribution is 0.0944. The Morgan fingerprint density at radius 1 is 1.21 bits per heavy atom. The lowest BCUT2D eigenvalue weighted by Gasteiger charge is -2.10. The van der Waals surface area contributed by atoms with Gasteiger partial charge in [-0.15, -0.1) is 0 Å². The van der Waals surface area contributed by atoms with Crippen LogP contribution in [0.3, 0.4) is 0 Å². The van der Waals surface area contributed by atoms with E-state index in [2.05, 4.69) is 20.3 Å². The van der Waals surface area contributed by atoms with Crippen LogP contribution in [-0.4, -0.2) is 33.9 Å². The van der Waals surface area contributed by atoms with Gasteiger partial charge in [0.25, 0.3) is 5.91 Å². The van der Waals surface area contributed by atoms with Gasteiger partial charge in [0.05, 0.1) is 18.9 Å². The molecule has 168 valence electrons. The highest BCUT2D eigenvalue weighted by Crippen LogP contribution is 2.31. The van der Waals surface area contributed by atoms with Gasteiger partial charge in [0.15, 0.2) is 11.5 Å². The van der Waals surface area contributed by atoms with E-state index in [9.17, 15) is 9.59 Å². The van der Waals surface area contributed by atoms with E-state index in [-0.39, 0.29) is 23.6 Å². The third-order valence-electron chi connectivity index (χ3n) is 4.89. The normalized spacial score (nSPS) is 10.8. The fourth-order valence-electron chi connectivity index (χ4n) is 3.33. The minimum absolute atomic E-state index is 0.0132. The number of nitrogens with two attached hydrogens (primary N) is 3. The summed E-state index contributed by atoms with van der Waals surface area (Å²) in [5, 5.41) is 4.07. The topological polar surface area (TPSA) is 175 Å². The number of hydrogen-bond donors (Lipinski definition) is 5. The number of benzene rings is 2. The predicted octanol–water partition coefficient (Wildman–Crippen LogP) is 2.31. The number of H-pyrrole nitrogens is 1. The molecular formula is C22H21N7O3S. The van der Waals surface area contributed by atoms with Gasteiger partial charge < -0.3 is 32.2 Å². The van der Waals surface area contributed by atoms with Gasteiger partial charge in [-0.25, -0.2) is 9.97 Å². The first-order valence-corrected chi connectivity index (χ1v) is 10.6. The van der Waals surface area contributed by atoms with Crippen LogP contribution < -0.4 is 27.3 Å². The van der Waals surface area contributed by atoms with Gasteiger partial charge in [-0.1, -0.05) is 17.8 Å². The summed E-state index contributed by atoms with van der Waals surface area (Å²) in [6, 6.07) is 10.4. The Balaban J connectivity index is 1.55. The van der Waals surface area contributed by atoms with Gasteiger partial charge in [0.2, 0.25) is 5.91 Å². The molecule has 0 radical (unpaired) electrons. The number of carbonyl (C=O) groups excluding carboxylic acids is 2. The minimum atomic E-state index is -0.625. The van der Waals surface area contributed by atoms with E-state index in [1.807, 2.05) is 18.2 Å². The molecule has 0 aliphatic heterocycles. The number of ether oxygens (including phenoxy) is 1. The summed E-state index contributed by atoms with van der Waals surface area (Å²) in [5.41, 5.74) is 19.5. The molecule has 4 rings (SSSR count). The van der Waals surface area contributed by atoms with E-state index < -0.39 is 11.8 Å². The molecule has 4 aromatic rings. The van der Waals surface area contributed by atoms with Crippen LogP contribution in [0.15, 0.2) is 58.7 Å². The van der Waals surface area contributed by atoms with Crippen molar-refractivity contribution in [2.75, 3.05) is 18.6 Å². The van der Waals surface area contributed by atoms with Crippen molar-refractivity contribution in [3.8, 4) is 5.75 Å². The number of carbonyl (C=O) groups is 2. The number of nitrogen functional groups attached to an aromatic ring is 2. The molecule has 0 atom stereocenters. The molecule has 0 fully saturated rings. The average Bonchev–Trinajstić information content (AvgIpc) is 3.23. The molecule has 0 aliphatic carbocycles. The summed E-state index contributed by atoms with van der Waals surface area (Å²) < 4.78 is 5.42. The predicted molar refractivity (Wildman–Crippen MR) is 126 cm³/mol. The van der Waals surface area contributed by atoms with Crippen LogP contribution in [0.4, 0.5) is 11.5 Å². The molecule has 0 spiro atoms. The third-order valence-corrected chi connectivity index (χ3v) is 5.87. The zero-order chi connectivity index (χ0) is 23.5. The molecule has 0 bridgehead atoms. The van der Waals surface area contributed by atoms with Crippen molar-refractivity contribution < 1.29 is 14.3 Å². The summed E-state index contributed by atoms with van der Waals surface area (Å²) in [5.74, 6) is -0.426. The van der Waals surface area contributed by atoms with Gasteiger partial charge >= 0.3 is 0 Å². The van der Waals surface area contributed by atoms with Crippen molar-refractivity contribution in [3.05, 3.63) is 65.6 Å². The second-order valence-electron chi connectivity index (χ2n) is 7.04. The number of nitrogens with zero attached hydrogens (tertiary/aromatic N) is 2. The molecule has 0 saturated heterocycles. The Morgan fingerprint density at radius 3 is 2.79 bits per heavy atom. The summed E-state index contributed by atoms with van der Waals surface area (Å²) in [7, 11) is 1.59. The lowest BCUT2D eigenvalue weighted by atomic mass is 10.1. The van der Waals surface area contributed by atoms with E-state index in [1.165, 1.54) is 12.3 Å². The molecule has 2 aromatic heterocycles. The fraction of sp³-hybridized carbons (Fsp3) is 0.0909. The number of fused-ring (bicyclic) bond motifs is 1. The maximum Gasteiger partial charge on any atom is 0.274 e. The van der Waals surface area contributed by atoms with Crippen molar-refractivity contribution >= 4 is 46.0 Å². The molecule has 8 N–H and O–H groups in total. The average molecular weight is 464 g/mol. The molecule has 2 aromatic carbocycles. The monoisotopic (exact) mass is 463 g/mol. The van der Waals surface area contributed by atoms with Crippen molar-refractivity contribution in [1.82, 2.24) is 20.3 Å². The lowest BCUT2D eigenvalue weighted by Crippen LogP contribution is -2.25. The van der Waals surface area contributed by atoms with Crippen LogP contribution in [0.25, 0.3) is 10.9 Å². The third kappa shape index (κ3) is 4.53. The first-order chi connectivity index (χ1) is 15.9. The molecule has 0 saturated carbocycles. The van der Waals surface area contributed by atoms with Crippen molar-refractivity contribution in [2.24, 2.45) is 5.73 Å². The highest BCUT2D eigenvalue weighted by molar-refractivity contribution is 7.99. The van der Waals surface area contributed by atoms with Crippen LogP contribution in [0.1, 0.15) is 26.4 Å². The largest absolute Gasteiger partial charge is 0.496 e. The zero-order valence-electron chi connectivity index (χ0n) is 17.6. The van der Waals surface area contributed by atoms with E-state index in [1.54, 1.807) is 25.4 Å². The second-order valence-corrected chi connectivity index (χ2v) is 8.11. The summed E-state index contributed by atoms with van der Waals surface area (Å²) in [6.07, 6.45) is 3.23.